The van der Waals surface area contributed by atoms with Crippen LogP contribution in [0.1, 0.15) is 5.56 Å². The predicted octanol–water partition coefficient (Wildman–Crippen LogP) is 3.81. The number of phenols is 2. The molecule has 4 aromatic rings. The topological polar surface area (TPSA) is 71.2 Å². The number of benzene rings is 3. The molecule has 0 atom stereocenters. The van der Waals surface area contributed by atoms with E-state index in [9.17, 15) is 10.2 Å². The van der Waals surface area contributed by atoms with Crippen LogP contribution in [0.15, 0.2) is 60.7 Å². The highest BCUT2D eigenvalue weighted by molar-refractivity contribution is 5.91. The fourth-order valence-corrected chi connectivity index (χ4v) is 2.71. The number of aryl methyl sites for hydroxylation is 1. The quantitative estimate of drug-likeness (QED) is 0.590. The van der Waals surface area contributed by atoms with Gasteiger partial charge in [-0.3, -0.25) is 0 Å². The molecule has 118 valence electrons. The fraction of sp³-hybridized carbons (Fsp3) is 0.0526. The molecule has 0 amide bonds. The Bertz CT molecular complexity index is 1040. The summed E-state index contributed by atoms with van der Waals surface area (Å²) in [4.78, 5) is 1.46. The summed E-state index contributed by atoms with van der Waals surface area (Å²) in [6.07, 6.45) is 0. The van der Waals surface area contributed by atoms with Gasteiger partial charge in [0.1, 0.15) is 28.2 Å². The Kier molecular flexibility index (Phi) is 3.20. The maximum absolute atomic E-state index is 10.1. The summed E-state index contributed by atoms with van der Waals surface area (Å²) < 4.78 is 0. The molecule has 0 radical (unpaired) electrons. The summed E-state index contributed by atoms with van der Waals surface area (Å²) in [5.74, 6) is 0.353. The van der Waals surface area contributed by atoms with Crippen LogP contribution in [0.5, 0.6) is 11.5 Å². The van der Waals surface area contributed by atoms with Crippen LogP contribution in [-0.4, -0.2) is 25.2 Å². The van der Waals surface area contributed by atoms with E-state index in [-0.39, 0.29) is 11.5 Å². The molecule has 2 N–H and O–H groups in total. The number of hydrogen-bond donors (Lipinski definition) is 2. The van der Waals surface area contributed by atoms with Crippen molar-refractivity contribution in [1.29, 1.82) is 0 Å². The second kappa shape index (κ2) is 5.38. The lowest BCUT2D eigenvalue weighted by molar-refractivity contribution is 0.467. The zero-order valence-electron chi connectivity index (χ0n) is 13.0. The zero-order chi connectivity index (χ0) is 16.7. The van der Waals surface area contributed by atoms with E-state index >= 15 is 0 Å². The second-order valence-corrected chi connectivity index (χ2v) is 5.70. The number of rotatable bonds is 2. The van der Waals surface area contributed by atoms with Crippen LogP contribution in [0.2, 0.25) is 0 Å². The number of aromatic hydroxyl groups is 2. The van der Waals surface area contributed by atoms with Gasteiger partial charge in [0.25, 0.3) is 0 Å². The summed E-state index contributed by atoms with van der Waals surface area (Å²) in [5, 5.41) is 28.6. The third kappa shape index (κ3) is 2.36. The number of fused-ring (bicyclic) bond motifs is 1. The Labute approximate surface area is 138 Å². The van der Waals surface area contributed by atoms with E-state index in [1.165, 1.54) is 4.80 Å². The molecule has 0 aliphatic heterocycles. The van der Waals surface area contributed by atoms with Gasteiger partial charge in [0.15, 0.2) is 0 Å². The largest absolute Gasteiger partial charge is 0.508 e. The molecule has 0 saturated heterocycles. The van der Waals surface area contributed by atoms with Crippen LogP contribution in [0.3, 0.4) is 0 Å². The van der Waals surface area contributed by atoms with Crippen LogP contribution in [0.4, 0.5) is 0 Å². The van der Waals surface area contributed by atoms with Gasteiger partial charge in [-0.1, -0.05) is 30.3 Å². The van der Waals surface area contributed by atoms with Gasteiger partial charge in [0.05, 0.1) is 0 Å². The van der Waals surface area contributed by atoms with Crippen molar-refractivity contribution in [2.24, 2.45) is 0 Å². The van der Waals surface area contributed by atoms with Crippen LogP contribution in [0.25, 0.3) is 27.8 Å². The van der Waals surface area contributed by atoms with Crippen LogP contribution >= 0.6 is 0 Å². The highest BCUT2D eigenvalue weighted by atomic mass is 16.3. The molecule has 0 bridgehead atoms. The third-order valence-electron chi connectivity index (χ3n) is 3.94. The first-order valence-electron chi connectivity index (χ1n) is 7.57. The number of phenolic OH excluding ortho intramolecular Hbond substituents is 2. The molecule has 1 aromatic heterocycles. The molecule has 0 fully saturated rings. The smallest absolute Gasteiger partial charge is 0.143 e. The van der Waals surface area contributed by atoms with Gasteiger partial charge >= 0.3 is 0 Å². The van der Waals surface area contributed by atoms with Crippen molar-refractivity contribution in [3.63, 3.8) is 0 Å². The molecule has 0 aliphatic carbocycles. The van der Waals surface area contributed by atoms with E-state index in [4.69, 9.17) is 0 Å². The first kappa shape index (κ1) is 14.3. The van der Waals surface area contributed by atoms with Gasteiger partial charge in [0.2, 0.25) is 0 Å². The number of aromatic nitrogens is 3. The van der Waals surface area contributed by atoms with Gasteiger partial charge in [0, 0.05) is 5.56 Å². The molecular formula is C19H15N3O2. The first-order chi connectivity index (χ1) is 11.6. The van der Waals surface area contributed by atoms with Crippen molar-refractivity contribution in [1.82, 2.24) is 15.0 Å². The van der Waals surface area contributed by atoms with Gasteiger partial charge in [-0.15, -0.1) is 15.0 Å². The maximum atomic E-state index is 10.1. The van der Waals surface area contributed by atoms with Gasteiger partial charge in [-0.2, -0.15) is 0 Å². The minimum absolute atomic E-state index is 0.132. The summed E-state index contributed by atoms with van der Waals surface area (Å²) >= 11 is 0. The Balaban J connectivity index is 1.91. The van der Waals surface area contributed by atoms with Crippen molar-refractivity contribution in [3.05, 3.63) is 66.2 Å². The lowest BCUT2D eigenvalue weighted by Crippen LogP contribution is -1.99. The predicted molar refractivity (Wildman–Crippen MR) is 92.4 cm³/mol. The van der Waals surface area contributed by atoms with Crippen molar-refractivity contribution in [3.8, 4) is 28.3 Å². The summed E-state index contributed by atoms with van der Waals surface area (Å²) in [5.41, 5.74) is 4.90. The lowest BCUT2D eigenvalue weighted by atomic mass is 10.0. The highest BCUT2D eigenvalue weighted by Crippen LogP contribution is 2.29. The van der Waals surface area contributed by atoms with E-state index in [1.807, 2.05) is 49.4 Å². The minimum Gasteiger partial charge on any atom is -0.508 e. The standard InChI is InChI=1S/C19H15N3O2/c1-12-5-10-18(24)17(11-12)22-20-16-4-2-3-15(19(16)21-22)13-6-8-14(23)9-7-13/h2-11,23-24H,1H3. The molecule has 0 aliphatic rings. The fourth-order valence-electron chi connectivity index (χ4n) is 2.71. The van der Waals surface area contributed by atoms with Crippen molar-refractivity contribution < 1.29 is 10.2 Å². The van der Waals surface area contributed by atoms with E-state index in [0.717, 1.165) is 27.7 Å². The second-order valence-electron chi connectivity index (χ2n) is 5.70. The van der Waals surface area contributed by atoms with Crippen molar-refractivity contribution in [2.45, 2.75) is 6.92 Å². The third-order valence-corrected chi connectivity index (χ3v) is 3.94. The Morgan fingerprint density at radius 3 is 2.46 bits per heavy atom. The average Bonchev–Trinajstić information content (AvgIpc) is 3.02. The monoisotopic (exact) mass is 317 g/mol. The Hall–Kier alpha value is -3.34. The minimum atomic E-state index is 0.132. The highest BCUT2D eigenvalue weighted by Gasteiger charge is 2.12. The molecule has 3 aromatic carbocycles. The molecule has 5 heteroatoms. The van der Waals surface area contributed by atoms with Gasteiger partial charge in [-0.05, 0) is 48.4 Å². The molecule has 0 spiro atoms. The van der Waals surface area contributed by atoms with Crippen molar-refractivity contribution in [2.75, 3.05) is 0 Å². The normalized spacial score (nSPS) is 11.0. The molecule has 0 unspecified atom stereocenters. The van der Waals surface area contributed by atoms with Crippen LogP contribution < -0.4 is 0 Å². The SMILES string of the molecule is Cc1ccc(O)c(-n2nc3cccc(-c4ccc(O)cc4)c3n2)c1. The van der Waals surface area contributed by atoms with E-state index < -0.39 is 0 Å². The number of nitrogens with zero attached hydrogens (tertiary/aromatic N) is 3. The molecule has 24 heavy (non-hydrogen) atoms. The van der Waals surface area contributed by atoms with E-state index in [1.54, 1.807) is 18.2 Å². The van der Waals surface area contributed by atoms with Gasteiger partial charge < -0.3 is 10.2 Å². The first-order valence-corrected chi connectivity index (χ1v) is 7.57. The Morgan fingerprint density at radius 2 is 1.67 bits per heavy atom. The summed E-state index contributed by atoms with van der Waals surface area (Å²) in [6.45, 7) is 1.95. The molecule has 4 rings (SSSR count). The molecule has 5 nitrogen and oxygen atoms in total. The molecule has 0 saturated carbocycles. The zero-order valence-corrected chi connectivity index (χ0v) is 13.0. The van der Waals surface area contributed by atoms with Crippen LogP contribution in [-0.2, 0) is 0 Å². The van der Waals surface area contributed by atoms with Crippen LogP contribution in [0, 0.1) is 6.92 Å². The molecular weight excluding hydrogens is 302 g/mol. The van der Waals surface area contributed by atoms with Gasteiger partial charge in [-0.25, -0.2) is 0 Å². The van der Waals surface area contributed by atoms with Crippen molar-refractivity contribution >= 4 is 11.0 Å². The van der Waals surface area contributed by atoms with E-state index in [0.29, 0.717) is 5.69 Å². The van der Waals surface area contributed by atoms with E-state index in [2.05, 4.69) is 10.2 Å². The average molecular weight is 317 g/mol. The lowest BCUT2D eigenvalue weighted by Gasteiger charge is -2.04. The summed E-state index contributed by atoms with van der Waals surface area (Å²) in [7, 11) is 0. The number of hydrogen-bond acceptors (Lipinski definition) is 4. The Morgan fingerprint density at radius 1 is 0.875 bits per heavy atom. The summed E-state index contributed by atoms with van der Waals surface area (Å²) in [6, 6.07) is 18.0. The maximum Gasteiger partial charge on any atom is 0.143 e. The molecule has 1 heterocycles.